The lowest BCUT2D eigenvalue weighted by Crippen LogP contribution is -2.44. The number of rotatable bonds is 9. The molecular formula is C22H23NO5S. The first-order chi connectivity index (χ1) is 13.9. The Labute approximate surface area is 173 Å². The summed E-state index contributed by atoms with van der Waals surface area (Å²) in [6.07, 6.45) is 2.57. The predicted molar refractivity (Wildman–Crippen MR) is 109 cm³/mol. The number of para-hydroxylation sites is 1. The Kier molecular flexibility index (Phi) is 6.49. The maximum absolute atomic E-state index is 12.5. The van der Waals surface area contributed by atoms with Gasteiger partial charge in [-0.1, -0.05) is 18.2 Å². The summed E-state index contributed by atoms with van der Waals surface area (Å²) in [5.41, 5.74) is -0.399. The number of hydrogen-bond acceptors (Lipinski definition) is 7. The number of benzene rings is 1. The van der Waals surface area contributed by atoms with Gasteiger partial charge in [-0.3, -0.25) is 4.79 Å². The molecule has 1 atom stereocenters. The summed E-state index contributed by atoms with van der Waals surface area (Å²) in [7, 11) is 1.34. The van der Waals surface area contributed by atoms with Crippen molar-refractivity contribution in [1.82, 2.24) is 4.98 Å². The van der Waals surface area contributed by atoms with Crippen molar-refractivity contribution in [2.75, 3.05) is 7.11 Å². The van der Waals surface area contributed by atoms with Crippen LogP contribution in [-0.4, -0.2) is 29.4 Å². The molecule has 3 rings (SSSR count). The SMILES string of the molecule is COC(=O)C(C)(Cc1ccc(C(=O)CCc2ncoc2C)s1)Oc1ccccc1. The van der Waals surface area contributed by atoms with Gasteiger partial charge in [-0.05, 0) is 38.1 Å². The van der Waals surface area contributed by atoms with Gasteiger partial charge in [0.05, 0.1) is 17.7 Å². The maximum atomic E-state index is 12.5. The van der Waals surface area contributed by atoms with Crippen molar-refractivity contribution in [2.24, 2.45) is 0 Å². The van der Waals surface area contributed by atoms with E-state index in [1.165, 1.54) is 24.8 Å². The fraction of sp³-hybridized carbons (Fsp3) is 0.318. The highest BCUT2D eigenvalue weighted by atomic mass is 32.1. The van der Waals surface area contributed by atoms with Crippen molar-refractivity contribution in [3.05, 3.63) is 70.1 Å². The Morgan fingerprint density at radius 1 is 1.17 bits per heavy atom. The van der Waals surface area contributed by atoms with Crippen LogP contribution in [0, 0.1) is 6.92 Å². The Bertz CT molecular complexity index is 978. The van der Waals surface area contributed by atoms with Gasteiger partial charge < -0.3 is 13.9 Å². The molecule has 152 valence electrons. The minimum Gasteiger partial charge on any atom is -0.475 e. The number of hydrogen-bond donors (Lipinski definition) is 0. The summed E-state index contributed by atoms with van der Waals surface area (Å²) >= 11 is 1.37. The number of ketones is 1. The Hall–Kier alpha value is -2.93. The van der Waals surface area contributed by atoms with Crippen LogP contribution in [0.4, 0.5) is 0 Å². The summed E-state index contributed by atoms with van der Waals surface area (Å²) in [5.74, 6) is 0.879. The predicted octanol–water partition coefficient (Wildman–Crippen LogP) is 4.41. The quantitative estimate of drug-likeness (QED) is 0.382. The molecule has 0 spiro atoms. The van der Waals surface area contributed by atoms with Crippen molar-refractivity contribution in [3.63, 3.8) is 0 Å². The number of carbonyl (C=O) groups excluding carboxylic acids is 2. The molecule has 0 saturated carbocycles. The number of carbonyl (C=O) groups is 2. The molecule has 7 heteroatoms. The molecule has 0 aliphatic heterocycles. The number of ether oxygens (including phenoxy) is 2. The van der Waals surface area contributed by atoms with E-state index in [9.17, 15) is 9.59 Å². The molecule has 0 aliphatic carbocycles. The number of oxazole rings is 1. The van der Waals surface area contributed by atoms with E-state index in [1.54, 1.807) is 25.1 Å². The van der Waals surface area contributed by atoms with E-state index in [4.69, 9.17) is 13.9 Å². The van der Waals surface area contributed by atoms with Crippen molar-refractivity contribution in [2.45, 2.75) is 38.7 Å². The van der Waals surface area contributed by atoms with E-state index in [1.807, 2.05) is 31.2 Å². The molecule has 1 aromatic carbocycles. The van der Waals surface area contributed by atoms with Gasteiger partial charge in [0.25, 0.3) is 0 Å². The molecule has 0 amide bonds. The average molecular weight is 413 g/mol. The second-order valence-electron chi connectivity index (χ2n) is 6.86. The van der Waals surface area contributed by atoms with Crippen LogP contribution in [0.3, 0.4) is 0 Å². The number of nitrogens with zero attached hydrogens (tertiary/aromatic N) is 1. The van der Waals surface area contributed by atoms with Crippen molar-refractivity contribution in [3.8, 4) is 5.75 Å². The number of Topliss-reactive ketones (excluding diaryl/α,β-unsaturated/α-hetero) is 1. The van der Waals surface area contributed by atoms with Crippen molar-refractivity contribution in [1.29, 1.82) is 0 Å². The minimum atomic E-state index is -1.20. The fourth-order valence-corrected chi connectivity index (χ4v) is 4.11. The third-order valence-corrected chi connectivity index (χ3v) is 5.71. The van der Waals surface area contributed by atoms with Gasteiger partial charge in [0.2, 0.25) is 5.60 Å². The summed E-state index contributed by atoms with van der Waals surface area (Å²) in [6.45, 7) is 3.52. The third-order valence-electron chi connectivity index (χ3n) is 4.58. The smallest absolute Gasteiger partial charge is 0.350 e. The van der Waals surface area contributed by atoms with Gasteiger partial charge in [-0.25, -0.2) is 9.78 Å². The van der Waals surface area contributed by atoms with E-state index >= 15 is 0 Å². The standard InChI is InChI=1S/C22H23NO5S/c1-15-18(23-14-27-15)10-11-19(24)20-12-9-17(29-20)13-22(2,21(25)26-3)28-16-7-5-4-6-8-16/h4-9,12,14H,10-11,13H2,1-3H3. The van der Waals surface area contributed by atoms with E-state index < -0.39 is 11.6 Å². The minimum absolute atomic E-state index is 0.0346. The lowest BCUT2D eigenvalue weighted by molar-refractivity contribution is -0.157. The molecule has 2 aromatic heterocycles. The zero-order valence-corrected chi connectivity index (χ0v) is 17.5. The van der Waals surface area contributed by atoms with Crippen LogP contribution in [0.25, 0.3) is 0 Å². The van der Waals surface area contributed by atoms with Crippen LogP contribution < -0.4 is 4.74 Å². The van der Waals surface area contributed by atoms with Crippen molar-refractivity contribution < 1.29 is 23.5 Å². The Morgan fingerprint density at radius 3 is 2.59 bits per heavy atom. The average Bonchev–Trinajstić information content (AvgIpc) is 3.35. The largest absolute Gasteiger partial charge is 0.475 e. The highest BCUT2D eigenvalue weighted by Crippen LogP contribution is 2.28. The van der Waals surface area contributed by atoms with Gasteiger partial charge in [-0.2, -0.15) is 0 Å². The normalized spacial score (nSPS) is 12.9. The van der Waals surface area contributed by atoms with Crippen LogP contribution in [0.2, 0.25) is 0 Å². The zero-order chi connectivity index (χ0) is 20.9. The molecule has 2 heterocycles. The molecule has 0 radical (unpaired) electrons. The number of methoxy groups -OCH3 is 1. The molecular weight excluding hydrogens is 390 g/mol. The monoisotopic (exact) mass is 413 g/mol. The first-order valence-electron chi connectivity index (χ1n) is 9.24. The number of esters is 1. The second-order valence-corrected chi connectivity index (χ2v) is 8.03. The lowest BCUT2D eigenvalue weighted by Gasteiger charge is -2.27. The van der Waals surface area contributed by atoms with Crippen LogP contribution in [0.5, 0.6) is 5.75 Å². The summed E-state index contributed by atoms with van der Waals surface area (Å²) < 4.78 is 16.1. The lowest BCUT2D eigenvalue weighted by atomic mass is 10.0. The van der Waals surface area contributed by atoms with Gasteiger partial charge in [0, 0.05) is 24.1 Å². The number of thiophene rings is 1. The Morgan fingerprint density at radius 2 is 1.93 bits per heavy atom. The first kappa shape index (κ1) is 20.8. The molecule has 0 fully saturated rings. The first-order valence-corrected chi connectivity index (χ1v) is 10.1. The highest BCUT2D eigenvalue weighted by molar-refractivity contribution is 7.14. The van der Waals surface area contributed by atoms with Gasteiger partial charge in [-0.15, -0.1) is 11.3 Å². The molecule has 0 aliphatic rings. The number of aryl methyl sites for hydroxylation is 2. The van der Waals surface area contributed by atoms with E-state index in [0.29, 0.717) is 29.9 Å². The summed E-state index contributed by atoms with van der Waals surface area (Å²) in [6, 6.07) is 12.8. The number of aromatic nitrogens is 1. The maximum Gasteiger partial charge on any atom is 0.350 e. The molecule has 0 N–H and O–H groups in total. The fourth-order valence-electron chi connectivity index (χ4n) is 2.99. The molecule has 6 nitrogen and oxygen atoms in total. The molecule has 0 saturated heterocycles. The molecule has 1 unspecified atom stereocenters. The summed E-state index contributed by atoms with van der Waals surface area (Å²) in [4.78, 5) is 30.6. The van der Waals surface area contributed by atoms with Crippen LogP contribution in [-0.2, 0) is 22.4 Å². The molecule has 3 aromatic rings. The third kappa shape index (κ3) is 5.12. The van der Waals surface area contributed by atoms with Crippen LogP contribution in [0.15, 0.2) is 53.3 Å². The zero-order valence-electron chi connectivity index (χ0n) is 16.6. The van der Waals surface area contributed by atoms with Gasteiger partial charge >= 0.3 is 5.97 Å². The van der Waals surface area contributed by atoms with Crippen molar-refractivity contribution >= 4 is 23.1 Å². The molecule has 0 bridgehead atoms. The van der Waals surface area contributed by atoms with E-state index in [2.05, 4.69) is 4.98 Å². The van der Waals surface area contributed by atoms with E-state index in [0.717, 1.165) is 16.3 Å². The van der Waals surface area contributed by atoms with E-state index in [-0.39, 0.29) is 5.78 Å². The topological polar surface area (TPSA) is 78.6 Å². The second kappa shape index (κ2) is 9.05. The van der Waals surface area contributed by atoms with Gasteiger partial charge in [0.1, 0.15) is 11.5 Å². The highest BCUT2D eigenvalue weighted by Gasteiger charge is 2.38. The summed E-state index contributed by atoms with van der Waals surface area (Å²) in [5, 5.41) is 0. The van der Waals surface area contributed by atoms with Crippen LogP contribution >= 0.6 is 11.3 Å². The Balaban J connectivity index is 1.69. The van der Waals surface area contributed by atoms with Gasteiger partial charge in [0.15, 0.2) is 12.2 Å². The molecule has 29 heavy (non-hydrogen) atoms. The van der Waals surface area contributed by atoms with Crippen LogP contribution in [0.1, 0.15) is 39.3 Å².